The van der Waals surface area contributed by atoms with Crippen molar-refractivity contribution in [3.8, 4) is 5.69 Å². The van der Waals surface area contributed by atoms with Gasteiger partial charge in [-0.15, -0.1) is 0 Å². The van der Waals surface area contributed by atoms with Crippen LogP contribution in [0.15, 0.2) is 59.7 Å². The van der Waals surface area contributed by atoms with Gasteiger partial charge in [0, 0.05) is 76.7 Å². The summed E-state index contributed by atoms with van der Waals surface area (Å²) in [4.78, 5) is 33.6. The lowest BCUT2D eigenvalue weighted by Gasteiger charge is -2.27. The van der Waals surface area contributed by atoms with Crippen molar-refractivity contribution in [1.82, 2.24) is 29.1 Å². The quantitative estimate of drug-likeness (QED) is 0.427. The molecule has 0 saturated carbocycles. The minimum absolute atomic E-state index is 0.0201. The summed E-state index contributed by atoms with van der Waals surface area (Å²) in [5, 5.41) is 8.21. The van der Waals surface area contributed by atoms with E-state index in [0.717, 1.165) is 54.0 Å². The number of rotatable bonds is 6. The molecule has 0 bridgehead atoms. The van der Waals surface area contributed by atoms with E-state index in [-0.39, 0.29) is 11.5 Å². The van der Waals surface area contributed by atoms with Gasteiger partial charge >= 0.3 is 0 Å². The van der Waals surface area contributed by atoms with Gasteiger partial charge in [-0.1, -0.05) is 12.1 Å². The Balaban J connectivity index is 1.36. The largest absolute Gasteiger partial charge is 0.387 e. The van der Waals surface area contributed by atoms with Crippen molar-refractivity contribution >= 4 is 28.2 Å². The van der Waals surface area contributed by atoms with Crippen LogP contribution in [0.2, 0.25) is 0 Å². The zero-order valence-corrected chi connectivity index (χ0v) is 22.5. The van der Waals surface area contributed by atoms with Crippen LogP contribution in [0.4, 0.5) is 5.69 Å². The second kappa shape index (κ2) is 10.3. The number of nitrogens with one attached hydrogen (secondary N) is 1. The SMILES string of the molecule is CNc1cnn(-c2ccnc3c2cc(CN2CC=C(c4ccc(C(=O)N(C)C)cc4C)CC2)n3C)c(=O)c1. The van der Waals surface area contributed by atoms with Gasteiger partial charge in [-0.3, -0.25) is 14.5 Å². The second-order valence-corrected chi connectivity index (χ2v) is 9.95. The number of pyridine rings is 1. The third-order valence-corrected chi connectivity index (χ3v) is 7.23. The van der Waals surface area contributed by atoms with E-state index < -0.39 is 0 Å². The van der Waals surface area contributed by atoms with Crippen LogP contribution in [0.5, 0.6) is 0 Å². The lowest BCUT2D eigenvalue weighted by atomic mass is 9.94. The maximum absolute atomic E-state index is 12.7. The average molecular weight is 512 g/mol. The van der Waals surface area contributed by atoms with Gasteiger partial charge in [0.25, 0.3) is 11.5 Å². The number of carbonyl (C=O) groups is 1. The third-order valence-electron chi connectivity index (χ3n) is 7.23. The summed E-state index contributed by atoms with van der Waals surface area (Å²) < 4.78 is 3.51. The van der Waals surface area contributed by atoms with Crippen molar-refractivity contribution in [2.75, 3.05) is 39.5 Å². The fourth-order valence-electron chi connectivity index (χ4n) is 5.06. The van der Waals surface area contributed by atoms with Crippen LogP contribution >= 0.6 is 0 Å². The van der Waals surface area contributed by atoms with Gasteiger partial charge in [0.1, 0.15) is 5.65 Å². The van der Waals surface area contributed by atoms with E-state index in [9.17, 15) is 9.59 Å². The van der Waals surface area contributed by atoms with Crippen LogP contribution in [-0.4, -0.2) is 69.3 Å². The van der Waals surface area contributed by atoms with Crippen LogP contribution in [0.3, 0.4) is 0 Å². The van der Waals surface area contributed by atoms with E-state index in [0.29, 0.717) is 11.3 Å². The van der Waals surface area contributed by atoms with Crippen molar-refractivity contribution in [2.45, 2.75) is 19.9 Å². The molecule has 5 rings (SSSR count). The summed E-state index contributed by atoms with van der Waals surface area (Å²) >= 11 is 0. The fraction of sp³-hybridized carbons (Fsp3) is 0.310. The number of amides is 1. The van der Waals surface area contributed by atoms with Crippen LogP contribution < -0.4 is 10.9 Å². The molecule has 1 amide bonds. The van der Waals surface area contributed by atoms with Gasteiger partial charge < -0.3 is 14.8 Å². The summed E-state index contributed by atoms with van der Waals surface area (Å²) in [5.41, 5.74) is 7.51. The first-order chi connectivity index (χ1) is 18.3. The average Bonchev–Trinajstić information content (AvgIpc) is 3.23. The monoisotopic (exact) mass is 511 g/mol. The van der Waals surface area contributed by atoms with Crippen LogP contribution in [-0.2, 0) is 13.6 Å². The number of carbonyl (C=O) groups excluding carboxylic acids is 1. The maximum Gasteiger partial charge on any atom is 0.273 e. The molecule has 196 valence electrons. The number of fused-ring (bicyclic) bond motifs is 1. The third kappa shape index (κ3) is 4.72. The van der Waals surface area contributed by atoms with E-state index in [1.54, 1.807) is 38.4 Å². The molecule has 9 nitrogen and oxygen atoms in total. The highest BCUT2D eigenvalue weighted by atomic mass is 16.2. The molecular formula is C29H33N7O2. The summed E-state index contributed by atoms with van der Waals surface area (Å²) in [6.07, 6.45) is 6.59. The van der Waals surface area contributed by atoms with E-state index in [4.69, 9.17) is 0 Å². The highest BCUT2D eigenvalue weighted by Crippen LogP contribution is 2.28. The number of anilines is 1. The van der Waals surface area contributed by atoms with Gasteiger partial charge in [-0.2, -0.15) is 9.78 Å². The number of aryl methyl sites for hydroxylation is 2. The zero-order chi connectivity index (χ0) is 27.0. The summed E-state index contributed by atoms with van der Waals surface area (Å²) in [6.45, 7) is 4.60. The van der Waals surface area contributed by atoms with E-state index in [2.05, 4.69) is 50.0 Å². The maximum atomic E-state index is 12.7. The normalized spacial score (nSPS) is 14.0. The molecule has 0 radical (unpaired) electrons. The number of aromatic nitrogens is 4. The topological polar surface area (TPSA) is 88.3 Å². The number of benzene rings is 1. The van der Waals surface area contributed by atoms with Crippen molar-refractivity contribution in [2.24, 2.45) is 7.05 Å². The molecule has 4 aromatic rings. The second-order valence-electron chi connectivity index (χ2n) is 9.95. The van der Waals surface area contributed by atoms with Gasteiger partial charge in [-0.05, 0) is 54.3 Å². The molecule has 1 N–H and O–H groups in total. The number of nitrogens with zero attached hydrogens (tertiary/aromatic N) is 6. The molecule has 0 atom stereocenters. The Kier molecular flexibility index (Phi) is 6.86. The van der Waals surface area contributed by atoms with Crippen LogP contribution in [0.1, 0.15) is 33.6 Å². The summed E-state index contributed by atoms with van der Waals surface area (Å²) in [5.74, 6) is 0.0201. The molecule has 0 unspecified atom stereocenters. The lowest BCUT2D eigenvalue weighted by molar-refractivity contribution is 0.0827. The van der Waals surface area contributed by atoms with E-state index in [1.165, 1.54) is 21.9 Å². The Morgan fingerprint density at radius 2 is 1.97 bits per heavy atom. The van der Waals surface area contributed by atoms with E-state index in [1.807, 2.05) is 25.2 Å². The Morgan fingerprint density at radius 3 is 2.63 bits per heavy atom. The lowest BCUT2D eigenvalue weighted by Crippen LogP contribution is -2.29. The fourth-order valence-corrected chi connectivity index (χ4v) is 5.06. The highest BCUT2D eigenvalue weighted by molar-refractivity contribution is 5.94. The Bertz CT molecular complexity index is 1610. The molecule has 0 fully saturated rings. The molecule has 9 heteroatoms. The Labute approximate surface area is 222 Å². The van der Waals surface area contributed by atoms with Gasteiger partial charge in [0.05, 0.1) is 17.6 Å². The van der Waals surface area contributed by atoms with Crippen LogP contribution in [0, 0.1) is 6.92 Å². The first kappa shape index (κ1) is 25.4. The van der Waals surface area contributed by atoms with Gasteiger partial charge in [0.15, 0.2) is 0 Å². The van der Waals surface area contributed by atoms with Crippen molar-refractivity contribution in [3.63, 3.8) is 0 Å². The number of hydrogen-bond donors (Lipinski definition) is 1. The number of hydrogen-bond acceptors (Lipinski definition) is 6. The minimum Gasteiger partial charge on any atom is -0.387 e. The van der Waals surface area contributed by atoms with Crippen molar-refractivity contribution in [1.29, 1.82) is 0 Å². The van der Waals surface area contributed by atoms with Crippen molar-refractivity contribution in [3.05, 3.63) is 87.6 Å². The molecule has 4 heterocycles. The first-order valence-corrected chi connectivity index (χ1v) is 12.7. The smallest absolute Gasteiger partial charge is 0.273 e. The molecule has 1 aromatic carbocycles. The minimum atomic E-state index is -0.196. The predicted octanol–water partition coefficient (Wildman–Crippen LogP) is 3.46. The van der Waals surface area contributed by atoms with Crippen LogP contribution in [0.25, 0.3) is 22.3 Å². The van der Waals surface area contributed by atoms with Crippen molar-refractivity contribution < 1.29 is 4.79 Å². The molecule has 1 aliphatic heterocycles. The molecule has 38 heavy (non-hydrogen) atoms. The summed E-state index contributed by atoms with van der Waals surface area (Å²) in [6, 6.07) is 11.5. The molecule has 1 aliphatic rings. The molecule has 0 aliphatic carbocycles. The molecule has 0 spiro atoms. The predicted molar refractivity (Wildman–Crippen MR) is 151 cm³/mol. The van der Waals surface area contributed by atoms with Gasteiger partial charge in [0.2, 0.25) is 0 Å². The Hall–Kier alpha value is -4.24. The standard InChI is InChI=1S/C29H33N7O2/c1-19-14-21(29(38)33(3)4)6-7-24(19)20-9-12-35(13-10-20)18-23-16-25-26(8-11-31-28(25)34(23)5)36-27(37)15-22(30-2)17-32-36/h6-9,11,14-17,30H,10,12-13,18H2,1-5H3. The molecular weight excluding hydrogens is 478 g/mol. The molecule has 3 aromatic heterocycles. The first-order valence-electron chi connectivity index (χ1n) is 12.7. The highest BCUT2D eigenvalue weighted by Gasteiger charge is 2.19. The Morgan fingerprint density at radius 1 is 1.16 bits per heavy atom. The van der Waals surface area contributed by atoms with Gasteiger partial charge in [-0.25, -0.2) is 4.98 Å². The zero-order valence-electron chi connectivity index (χ0n) is 22.5. The summed E-state index contributed by atoms with van der Waals surface area (Å²) in [7, 11) is 7.32. The van der Waals surface area contributed by atoms with E-state index >= 15 is 0 Å². The molecule has 0 saturated heterocycles.